The monoisotopic (exact) mass is 271 g/mol. The highest BCUT2D eigenvalue weighted by atomic mass is 79.9. The van der Waals surface area contributed by atoms with E-state index < -0.39 is 5.97 Å². The summed E-state index contributed by atoms with van der Waals surface area (Å²) in [6.07, 6.45) is 0.892. The molecule has 0 aliphatic carbocycles. The Labute approximate surface area is 97.8 Å². The minimum absolute atomic E-state index is 0.223. The number of nitrogens with zero attached hydrogens (tertiary/aromatic N) is 1. The quantitative estimate of drug-likeness (QED) is 0.896. The minimum Gasteiger partial charge on any atom is -0.481 e. The zero-order valence-electron chi connectivity index (χ0n) is 8.61. The molecule has 15 heavy (non-hydrogen) atoms. The molecule has 82 valence electrons. The number of rotatable bonds is 5. The van der Waals surface area contributed by atoms with Crippen molar-refractivity contribution in [2.45, 2.75) is 12.8 Å². The number of carbonyl (C=O) groups is 1. The van der Waals surface area contributed by atoms with Crippen molar-refractivity contribution in [3.63, 3.8) is 0 Å². The van der Waals surface area contributed by atoms with Crippen LogP contribution in [-0.2, 0) is 4.79 Å². The Hall–Kier alpha value is -1.03. The maximum Gasteiger partial charge on any atom is 0.303 e. The minimum atomic E-state index is -0.737. The molecule has 1 aromatic rings. The van der Waals surface area contributed by atoms with E-state index in [0.29, 0.717) is 6.42 Å². The molecule has 0 amide bonds. The van der Waals surface area contributed by atoms with Crippen LogP contribution in [0.5, 0.6) is 0 Å². The third-order valence-corrected chi connectivity index (χ3v) is 2.68. The summed E-state index contributed by atoms with van der Waals surface area (Å²) in [4.78, 5) is 12.4. The summed E-state index contributed by atoms with van der Waals surface area (Å²) in [5.41, 5.74) is 1.10. The number of aliphatic carboxylic acids is 1. The van der Waals surface area contributed by atoms with Crippen LogP contribution >= 0.6 is 15.9 Å². The van der Waals surface area contributed by atoms with Gasteiger partial charge in [0.25, 0.3) is 0 Å². The molecule has 0 aliphatic rings. The summed E-state index contributed by atoms with van der Waals surface area (Å²) >= 11 is 3.37. The Morgan fingerprint density at radius 3 is 2.53 bits per heavy atom. The number of carboxylic acids is 1. The van der Waals surface area contributed by atoms with Gasteiger partial charge in [-0.1, -0.05) is 15.9 Å². The maximum atomic E-state index is 10.3. The molecular formula is C11H14BrNO2. The second-order valence-corrected chi connectivity index (χ2v) is 4.31. The zero-order valence-corrected chi connectivity index (χ0v) is 10.2. The average molecular weight is 272 g/mol. The molecule has 4 heteroatoms. The summed E-state index contributed by atoms with van der Waals surface area (Å²) in [5, 5.41) is 8.51. The van der Waals surface area contributed by atoms with E-state index in [4.69, 9.17) is 5.11 Å². The lowest BCUT2D eigenvalue weighted by molar-refractivity contribution is -0.137. The van der Waals surface area contributed by atoms with E-state index in [1.54, 1.807) is 0 Å². The van der Waals surface area contributed by atoms with Gasteiger partial charge in [-0.05, 0) is 30.7 Å². The molecule has 0 fully saturated rings. The van der Waals surface area contributed by atoms with Gasteiger partial charge in [0.05, 0.1) is 0 Å². The second-order valence-electron chi connectivity index (χ2n) is 3.40. The summed E-state index contributed by atoms with van der Waals surface area (Å²) < 4.78 is 1.05. The lowest BCUT2D eigenvalue weighted by Gasteiger charge is -2.18. The molecule has 1 N–H and O–H groups in total. The SMILES string of the molecule is CN(CCCC(=O)O)c1ccc(Br)cc1. The van der Waals surface area contributed by atoms with Crippen LogP contribution in [-0.4, -0.2) is 24.7 Å². The van der Waals surface area contributed by atoms with Gasteiger partial charge in [-0.25, -0.2) is 0 Å². The van der Waals surface area contributed by atoms with Gasteiger partial charge < -0.3 is 10.0 Å². The average Bonchev–Trinajstić information content (AvgIpc) is 2.18. The molecule has 0 saturated heterocycles. The first-order valence-electron chi connectivity index (χ1n) is 4.78. The lowest BCUT2D eigenvalue weighted by Crippen LogP contribution is -2.19. The smallest absolute Gasteiger partial charge is 0.303 e. The molecule has 0 radical (unpaired) electrons. The van der Waals surface area contributed by atoms with Crippen molar-refractivity contribution in [3.8, 4) is 0 Å². The third kappa shape index (κ3) is 4.34. The number of benzene rings is 1. The molecule has 1 aromatic carbocycles. The van der Waals surface area contributed by atoms with Gasteiger partial charge in [-0.2, -0.15) is 0 Å². The fourth-order valence-electron chi connectivity index (χ4n) is 1.29. The maximum absolute atomic E-state index is 10.3. The third-order valence-electron chi connectivity index (χ3n) is 2.15. The number of carboxylic acid groups (broad SMARTS) is 1. The first-order chi connectivity index (χ1) is 7.09. The molecule has 3 nitrogen and oxygen atoms in total. The first kappa shape index (κ1) is 12.0. The highest BCUT2D eigenvalue weighted by Crippen LogP contribution is 2.17. The standard InChI is InChI=1S/C11H14BrNO2/c1-13(8-2-3-11(14)15)10-6-4-9(12)5-7-10/h4-7H,2-3,8H2,1H3,(H,14,15). The number of hydrogen-bond donors (Lipinski definition) is 1. The van der Waals surface area contributed by atoms with Gasteiger partial charge in [-0.15, -0.1) is 0 Å². The normalized spacial score (nSPS) is 10.0. The topological polar surface area (TPSA) is 40.5 Å². The van der Waals surface area contributed by atoms with Crippen molar-refractivity contribution in [2.24, 2.45) is 0 Å². The number of hydrogen-bond acceptors (Lipinski definition) is 2. The van der Waals surface area contributed by atoms with Crippen LogP contribution in [0.1, 0.15) is 12.8 Å². The molecule has 0 atom stereocenters. The van der Waals surface area contributed by atoms with Gasteiger partial charge in [0.2, 0.25) is 0 Å². The van der Waals surface area contributed by atoms with Crippen LogP contribution in [0.2, 0.25) is 0 Å². The highest BCUT2D eigenvalue weighted by molar-refractivity contribution is 9.10. The van der Waals surface area contributed by atoms with Crippen molar-refractivity contribution < 1.29 is 9.90 Å². The van der Waals surface area contributed by atoms with Crippen LogP contribution < -0.4 is 4.90 Å². The lowest BCUT2D eigenvalue weighted by atomic mass is 10.2. The number of anilines is 1. The van der Waals surface area contributed by atoms with Crippen LogP contribution in [0.4, 0.5) is 5.69 Å². The summed E-state index contributed by atoms with van der Waals surface area (Å²) in [6.45, 7) is 0.758. The fourth-order valence-corrected chi connectivity index (χ4v) is 1.56. The Morgan fingerprint density at radius 2 is 2.00 bits per heavy atom. The Kier molecular flexibility index (Phi) is 4.62. The fraction of sp³-hybridized carbons (Fsp3) is 0.364. The van der Waals surface area contributed by atoms with E-state index in [1.165, 1.54) is 0 Å². The van der Waals surface area contributed by atoms with Gasteiger partial charge >= 0.3 is 5.97 Å². The Morgan fingerprint density at radius 1 is 1.40 bits per heavy atom. The van der Waals surface area contributed by atoms with Crippen LogP contribution in [0, 0.1) is 0 Å². The van der Waals surface area contributed by atoms with Gasteiger partial charge in [0, 0.05) is 30.2 Å². The van der Waals surface area contributed by atoms with Crippen molar-refractivity contribution in [1.82, 2.24) is 0 Å². The van der Waals surface area contributed by atoms with Crippen molar-refractivity contribution in [2.75, 3.05) is 18.5 Å². The first-order valence-corrected chi connectivity index (χ1v) is 5.57. The van der Waals surface area contributed by atoms with Crippen molar-refractivity contribution in [1.29, 1.82) is 0 Å². The molecule has 0 unspecified atom stereocenters. The van der Waals surface area contributed by atoms with E-state index in [0.717, 1.165) is 16.7 Å². The Balaban J connectivity index is 2.43. The molecule has 0 saturated carbocycles. The van der Waals surface area contributed by atoms with Crippen LogP contribution in [0.25, 0.3) is 0 Å². The highest BCUT2D eigenvalue weighted by Gasteiger charge is 2.02. The van der Waals surface area contributed by atoms with Gasteiger partial charge in [-0.3, -0.25) is 4.79 Å². The van der Waals surface area contributed by atoms with E-state index in [1.807, 2.05) is 31.3 Å². The van der Waals surface area contributed by atoms with Crippen LogP contribution in [0.15, 0.2) is 28.7 Å². The van der Waals surface area contributed by atoms with Crippen molar-refractivity contribution in [3.05, 3.63) is 28.7 Å². The molecule has 0 bridgehead atoms. The summed E-state index contributed by atoms with van der Waals surface area (Å²) in [6, 6.07) is 7.96. The zero-order chi connectivity index (χ0) is 11.3. The summed E-state index contributed by atoms with van der Waals surface area (Å²) in [5.74, 6) is -0.737. The van der Waals surface area contributed by atoms with E-state index in [9.17, 15) is 4.79 Å². The number of halogens is 1. The Bertz CT molecular complexity index is 324. The van der Waals surface area contributed by atoms with Crippen molar-refractivity contribution >= 4 is 27.6 Å². The summed E-state index contributed by atoms with van der Waals surface area (Å²) in [7, 11) is 1.96. The molecule has 1 rings (SSSR count). The van der Waals surface area contributed by atoms with E-state index in [2.05, 4.69) is 20.8 Å². The molecule has 0 aromatic heterocycles. The second kappa shape index (κ2) is 5.75. The predicted octanol–water partition coefficient (Wildman–Crippen LogP) is 2.75. The molecule has 0 heterocycles. The van der Waals surface area contributed by atoms with E-state index >= 15 is 0 Å². The van der Waals surface area contributed by atoms with Gasteiger partial charge in [0.15, 0.2) is 0 Å². The predicted molar refractivity (Wildman–Crippen MR) is 64.3 cm³/mol. The van der Waals surface area contributed by atoms with Gasteiger partial charge in [0.1, 0.15) is 0 Å². The molecular weight excluding hydrogens is 258 g/mol. The van der Waals surface area contributed by atoms with E-state index in [-0.39, 0.29) is 6.42 Å². The van der Waals surface area contributed by atoms with Crippen LogP contribution in [0.3, 0.4) is 0 Å². The largest absolute Gasteiger partial charge is 0.481 e. The molecule has 0 aliphatic heterocycles. The molecule has 0 spiro atoms.